The average molecular weight is 456 g/mol. The lowest BCUT2D eigenvalue weighted by Crippen LogP contribution is -2.35. The lowest BCUT2D eigenvalue weighted by molar-refractivity contribution is -0.145. The molecule has 3 rings (SSSR count). The molecule has 0 radical (unpaired) electrons. The van der Waals surface area contributed by atoms with Crippen LogP contribution in [-0.2, 0) is 20.9 Å². The zero-order chi connectivity index (χ0) is 22.1. The van der Waals surface area contributed by atoms with Gasteiger partial charge in [0.25, 0.3) is 5.91 Å². The Morgan fingerprint density at radius 2 is 2.03 bits per heavy atom. The summed E-state index contributed by atoms with van der Waals surface area (Å²) in [5, 5.41) is 19.9. The van der Waals surface area contributed by atoms with Crippen molar-refractivity contribution >= 4 is 40.7 Å². The van der Waals surface area contributed by atoms with Gasteiger partial charge in [0.1, 0.15) is 0 Å². The number of aromatic nitrogens is 3. The van der Waals surface area contributed by atoms with Crippen LogP contribution < -0.4 is 4.90 Å². The predicted molar refractivity (Wildman–Crippen MR) is 120 cm³/mol. The van der Waals surface area contributed by atoms with Gasteiger partial charge in [-0.15, -0.1) is 21.5 Å². The first-order valence-corrected chi connectivity index (χ1v) is 11.5. The third-order valence-electron chi connectivity index (χ3n) is 4.27. The first-order chi connectivity index (χ1) is 15.1. The van der Waals surface area contributed by atoms with E-state index in [9.17, 15) is 9.59 Å². The van der Waals surface area contributed by atoms with Crippen molar-refractivity contribution < 1.29 is 14.3 Å². The highest BCUT2D eigenvalue weighted by Crippen LogP contribution is 2.27. The van der Waals surface area contributed by atoms with Gasteiger partial charge in [-0.3, -0.25) is 9.59 Å². The number of para-hydroxylation sites is 1. The minimum Gasteiger partial charge on any atom is -0.455 e. The number of nitriles is 1. The van der Waals surface area contributed by atoms with Gasteiger partial charge in [-0.05, 0) is 30.5 Å². The molecule has 2 aromatic heterocycles. The second kappa shape index (κ2) is 11.3. The van der Waals surface area contributed by atoms with E-state index in [4.69, 9.17) is 10.00 Å². The Labute approximate surface area is 188 Å². The van der Waals surface area contributed by atoms with Crippen LogP contribution in [0.15, 0.2) is 53.0 Å². The zero-order valence-electron chi connectivity index (χ0n) is 16.9. The first kappa shape index (κ1) is 22.5. The molecule has 160 valence electrons. The molecule has 0 unspecified atom stereocenters. The van der Waals surface area contributed by atoms with Gasteiger partial charge >= 0.3 is 5.97 Å². The molecule has 0 atom stereocenters. The van der Waals surface area contributed by atoms with Crippen molar-refractivity contribution in [2.45, 2.75) is 25.0 Å². The Bertz CT molecular complexity index is 1040. The second-order valence-electron chi connectivity index (χ2n) is 6.27. The molecule has 0 spiro atoms. The van der Waals surface area contributed by atoms with E-state index in [-0.39, 0.29) is 31.2 Å². The Morgan fingerprint density at radius 3 is 2.71 bits per heavy atom. The van der Waals surface area contributed by atoms with Crippen LogP contribution in [0.2, 0.25) is 0 Å². The Morgan fingerprint density at radius 1 is 1.23 bits per heavy atom. The predicted octanol–water partition coefficient (Wildman–Crippen LogP) is 3.61. The highest BCUT2D eigenvalue weighted by molar-refractivity contribution is 7.99. The Balaban J connectivity index is 1.55. The zero-order valence-corrected chi connectivity index (χ0v) is 18.6. The maximum atomic E-state index is 12.6. The maximum Gasteiger partial charge on any atom is 0.316 e. The van der Waals surface area contributed by atoms with Gasteiger partial charge in [-0.25, -0.2) is 0 Å². The van der Waals surface area contributed by atoms with Gasteiger partial charge in [0.15, 0.2) is 17.6 Å². The lowest BCUT2D eigenvalue weighted by Gasteiger charge is -2.21. The van der Waals surface area contributed by atoms with Crippen LogP contribution in [0.3, 0.4) is 0 Å². The van der Waals surface area contributed by atoms with Crippen LogP contribution in [0.1, 0.15) is 13.3 Å². The van der Waals surface area contributed by atoms with Gasteiger partial charge in [0, 0.05) is 18.8 Å². The molecule has 0 aliphatic rings. The Hall–Kier alpha value is -3.16. The number of thiophene rings is 1. The maximum absolute atomic E-state index is 12.6. The Kier molecular flexibility index (Phi) is 8.20. The largest absolute Gasteiger partial charge is 0.455 e. The molecule has 1 aromatic carbocycles. The summed E-state index contributed by atoms with van der Waals surface area (Å²) < 4.78 is 7.11. The third kappa shape index (κ3) is 5.93. The van der Waals surface area contributed by atoms with Crippen LogP contribution >= 0.6 is 23.1 Å². The highest BCUT2D eigenvalue weighted by Gasteiger charge is 2.19. The normalized spacial score (nSPS) is 10.5. The summed E-state index contributed by atoms with van der Waals surface area (Å²) in [7, 11) is 0. The molecule has 1 amide bonds. The molecule has 0 bridgehead atoms. The van der Waals surface area contributed by atoms with E-state index in [0.717, 1.165) is 10.7 Å². The van der Waals surface area contributed by atoms with Gasteiger partial charge in [-0.2, -0.15) is 5.26 Å². The summed E-state index contributed by atoms with van der Waals surface area (Å²) >= 11 is 2.79. The van der Waals surface area contributed by atoms with Crippen LogP contribution in [0, 0.1) is 11.3 Å². The molecule has 2 heterocycles. The highest BCUT2D eigenvalue weighted by atomic mass is 32.2. The monoisotopic (exact) mass is 455 g/mol. The number of rotatable bonds is 10. The van der Waals surface area contributed by atoms with Crippen molar-refractivity contribution in [3.63, 3.8) is 0 Å². The lowest BCUT2D eigenvalue weighted by atomic mass is 10.2. The number of amides is 1. The van der Waals surface area contributed by atoms with E-state index >= 15 is 0 Å². The van der Waals surface area contributed by atoms with E-state index in [1.54, 1.807) is 35.6 Å². The SMILES string of the molecule is CCn1c(SCC(=O)OCC(=O)N(CCC#N)c2ccccc2)nnc1-c1cccs1. The topological polar surface area (TPSA) is 101 Å². The summed E-state index contributed by atoms with van der Waals surface area (Å²) in [5.41, 5.74) is 0.658. The average Bonchev–Trinajstić information content (AvgIpc) is 3.46. The van der Waals surface area contributed by atoms with Gasteiger partial charge in [0.05, 0.1) is 23.1 Å². The fourth-order valence-electron chi connectivity index (χ4n) is 2.82. The fraction of sp³-hybridized carbons (Fsp3) is 0.286. The molecule has 0 saturated carbocycles. The summed E-state index contributed by atoms with van der Waals surface area (Å²) in [4.78, 5) is 27.2. The van der Waals surface area contributed by atoms with Crippen molar-refractivity contribution in [2.24, 2.45) is 0 Å². The molecule has 0 aliphatic carbocycles. The number of hydrogen-bond donors (Lipinski definition) is 0. The van der Waals surface area contributed by atoms with E-state index in [2.05, 4.69) is 10.2 Å². The molecular formula is C21H21N5O3S2. The summed E-state index contributed by atoms with van der Waals surface area (Å²) in [6.07, 6.45) is 0.184. The fourth-order valence-corrected chi connectivity index (χ4v) is 4.34. The van der Waals surface area contributed by atoms with Crippen LogP contribution in [0.25, 0.3) is 10.7 Å². The number of hydrogen-bond acceptors (Lipinski definition) is 8. The first-order valence-electron chi connectivity index (χ1n) is 9.62. The van der Waals surface area contributed by atoms with Crippen LogP contribution in [-0.4, -0.2) is 45.5 Å². The molecule has 0 fully saturated rings. The number of carbonyl (C=O) groups excluding carboxylic acids is 2. The van der Waals surface area contributed by atoms with Gasteiger partial charge in [-0.1, -0.05) is 36.0 Å². The smallest absolute Gasteiger partial charge is 0.316 e. The molecule has 0 N–H and O–H groups in total. The summed E-state index contributed by atoms with van der Waals surface area (Å²) in [6.45, 7) is 2.50. The number of benzene rings is 1. The van der Waals surface area contributed by atoms with E-state index < -0.39 is 5.97 Å². The number of carbonyl (C=O) groups is 2. The number of esters is 1. The van der Waals surface area contributed by atoms with Crippen molar-refractivity contribution in [3.05, 3.63) is 47.8 Å². The van der Waals surface area contributed by atoms with E-state index in [1.165, 1.54) is 16.7 Å². The molecule has 0 aliphatic heterocycles. The molecule has 31 heavy (non-hydrogen) atoms. The standard InChI is InChI=1S/C21H21N5O3S2/c1-2-25-20(17-10-6-13-30-17)23-24-21(25)31-15-19(28)29-14-18(27)26(12-7-11-22)16-8-4-3-5-9-16/h3-6,8-10,13H,2,7,12,14-15H2,1H3. The molecule has 3 aromatic rings. The minimum atomic E-state index is -0.519. The van der Waals surface area contributed by atoms with Gasteiger partial charge < -0.3 is 14.2 Å². The van der Waals surface area contributed by atoms with Crippen molar-refractivity contribution in [1.82, 2.24) is 14.8 Å². The van der Waals surface area contributed by atoms with Crippen molar-refractivity contribution in [1.29, 1.82) is 5.26 Å². The van der Waals surface area contributed by atoms with Crippen molar-refractivity contribution in [3.8, 4) is 16.8 Å². The minimum absolute atomic E-state index is 0.0133. The summed E-state index contributed by atoms with van der Waals surface area (Å²) in [5.74, 6) is -0.120. The number of thioether (sulfide) groups is 1. The molecular weight excluding hydrogens is 434 g/mol. The van der Waals surface area contributed by atoms with E-state index in [0.29, 0.717) is 17.4 Å². The quantitative estimate of drug-likeness (QED) is 0.340. The van der Waals surface area contributed by atoms with E-state index in [1.807, 2.05) is 41.1 Å². The molecule has 0 saturated heterocycles. The molecule has 8 nitrogen and oxygen atoms in total. The molecule has 10 heteroatoms. The number of anilines is 1. The third-order valence-corrected chi connectivity index (χ3v) is 6.07. The van der Waals surface area contributed by atoms with Crippen LogP contribution in [0.5, 0.6) is 0 Å². The van der Waals surface area contributed by atoms with Crippen LogP contribution in [0.4, 0.5) is 5.69 Å². The van der Waals surface area contributed by atoms with Gasteiger partial charge in [0.2, 0.25) is 0 Å². The summed E-state index contributed by atoms with van der Waals surface area (Å²) in [6, 6.07) is 14.9. The second-order valence-corrected chi connectivity index (χ2v) is 8.16. The number of nitrogens with zero attached hydrogens (tertiary/aromatic N) is 5. The number of ether oxygens (including phenoxy) is 1. The van der Waals surface area contributed by atoms with Crippen molar-refractivity contribution in [2.75, 3.05) is 23.8 Å².